The molecule has 2 aromatic carbocycles. The van der Waals surface area contributed by atoms with Crippen molar-refractivity contribution in [3.63, 3.8) is 0 Å². The molecular formula is C30H37N3O5S. The Morgan fingerprint density at radius 3 is 2.51 bits per heavy atom. The second-order valence-corrected chi connectivity index (χ2v) is 13.8. The molecule has 0 bridgehead atoms. The monoisotopic (exact) mass is 551 g/mol. The van der Waals surface area contributed by atoms with Crippen LogP contribution in [-0.4, -0.2) is 73.0 Å². The molecule has 0 aliphatic carbocycles. The predicted octanol–water partition coefficient (Wildman–Crippen LogP) is 5.46. The highest BCUT2D eigenvalue weighted by Crippen LogP contribution is 2.41. The summed E-state index contributed by atoms with van der Waals surface area (Å²) >= 11 is 0. The number of esters is 1. The number of carbonyl (C=O) groups is 2. The zero-order chi connectivity index (χ0) is 27.9. The van der Waals surface area contributed by atoms with Gasteiger partial charge >= 0.3 is 5.97 Å². The van der Waals surface area contributed by atoms with Crippen LogP contribution < -0.4 is 0 Å². The Morgan fingerprint density at radius 1 is 1.08 bits per heavy atom. The van der Waals surface area contributed by atoms with Crippen molar-refractivity contribution >= 4 is 38.9 Å². The van der Waals surface area contributed by atoms with Gasteiger partial charge in [0.05, 0.1) is 28.9 Å². The fourth-order valence-electron chi connectivity index (χ4n) is 5.53. The number of ether oxygens (including phenoxy) is 1. The molecule has 9 heteroatoms. The van der Waals surface area contributed by atoms with Gasteiger partial charge in [0.15, 0.2) is 0 Å². The summed E-state index contributed by atoms with van der Waals surface area (Å²) in [6, 6.07) is 15.5. The summed E-state index contributed by atoms with van der Waals surface area (Å²) in [5.41, 5.74) is 4.00. The van der Waals surface area contributed by atoms with Crippen molar-refractivity contribution < 1.29 is 23.4 Å². The molecule has 5 rings (SSSR count). The first-order chi connectivity index (χ1) is 18.4. The zero-order valence-corrected chi connectivity index (χ0v) is 23.8. The molecule has 0 spiro atoms. The van der Waals surface area contributed by atoms with Crippen LogP contribution in [0.15, 0.2) is 54.7 Å². The van der Waals surface area contributed by atoms with Crippen LogP contribution in [0.4, 0.5) is 0 Å². The third-order valence-corrected chi connectivity index (χ3v) is 9.05. The molecule has 0 atom stereocenters. The molecule has 0 unspecified atom stereocenters. The van der Waals surface area contributed by atoms with E-state index in [1.165, 1.54) is 0 Å². The lowest BCUT2D eigenvalue weighted by atomic mass is 9.81. The number of nitrogens with zero attached hydrogens (tertiary/aromatic N) is 2. The Kier molecular flexibility index (Phi) is 7.37. The number of H-pyrrole nitrogens is 1. The Balaban J connectivity index is 1.49. The van der Waals surface area contributed by atoms with Gasteiger partial charge in [-0.15, -0.1) is 0 Å². The number of fused-ring (bicyclic) bond motifs is 3. The maximum Gasteiger partial charge on any atom is 0.342 e. The molecule has 1 saturated heterocycles. The SMILES string of the molecule is CC(C)OC(=O)C1=CN(C(=O)c2cccc(CN3CCS(O)(O)CC3)c2)CC(C)(C)c2c1[nH]c1ccccc21. The van der Waals surface area contributed by atoms with Crippen molar-refractivity contribution in [1.29, 1.82) is 0 Å². The molecule has 2 aliphatic rings. The van der Waals surface area contributed by atoms with Crippen LogP contribution >= 0.6 is 10.6 Å². The van der Waals surface area contributed by atoms with Gasteiger partial charge in [-0.05, 0) is 43.2 Å². The summed E-state index contributed by atoms with van der Waals surface area (Å²) in [6.45, 7) is 10.0. The lowest BCUT2D eigenvalue weighted by Gasteiger charge is -2.41. The van der Waals surface area contributed by atoms with E-state index < -0.39 is 22.0 Å². The van der Waals surface area contributed by atoms with E-state index in [2.05, 4.69) is 23.7 Å². The number of amides is 1. The fourth-order valence-corrected chi connectivity index (χ4v) is 6.84. The minimum Gasteiger partial charge on any atom is -0.459 e. The number of rotatable bonds is 5. The van der Waals surface area contributed by atoms with E-state index in [0.717, 1.165) is 22.0 Å². The number of aromatic nitrogens is 1. The molecule has 2 aliphatic heterocycles. The number of benzene rings is 2. The van der Waals surface area contributed by atoms with Crippen LogP contribution in [0.25, 0.3) is 16.5 Å². The molecule has 0 radical (unpaired) electrons. The second kappa shape index (κ2) is 10.5. The summed E-state index contributed by atoms with van der Waals surface area (Å²) in [6.07, 6.45) is 1.33. The van der Waals surface area contributed by atoms with Crippen LogP contribution in [0.1, 0.15) is 54.9 Å². The first kappa shape index (κ1) is 27.5. The Bertz CT molecular complexity index is 1430. The van der Waals surface area contributed by atoms with Gasteiger partial charge in [0.2, 0.25) is 0 Å². The number of nitrogens with one attached hydrogen (secondary N) is 1. The van der Waals surface area contributed by atoms with Gasteiger partial charge in [0.1, 0.15) is 0 Å². The summed E-state index contributed by atoms with van der Waals surface area (Å²) in [5, 5.41) is 1.02. The van der Waals surface area contributed by atoms with Crippen molar-refractivity contribution in [1.82, 2.24) is 14.8 Å². The highest BCUT2D eigenvalue weighted by Gasteiger charge is 2.37. The minimum absolute atomic E-state index is 0.193. The highest BCUT2D eigenvalue weighted by atomic mass is 32.3. The van der Waals surface area contributed by atoms with Crippen molar-refractivity contribution in [3.8, 4) is 0 Å². The maximum absolute atomic E-state index is 13.9. The standard InChI is InChI=1S/C30H37N3O5S/c1-20(2)38-29(35)24-18-33(19-30(3,4)26-23-10-5-6-11-25(23)31-27(24)26)28(34)22-9-7-8-21(16-22)17-32-12-14-39(36,37)15-13-32/h5-11,16,18,20,31,36-37H,12-15,17,19H2,1-4H3. The third kappa shape index (κ3) is 5.77. The summed E-state index contributed by atoms with van der Waals surface area (Å²) in [5.74, 6) is 0.0902. The van der Waals surface area contributed by atoms with Crippen molar-refractivity contribution in [2.75, 3.05) is 31.1 Å². The van der Waals surface area contributed by atoms with Gasteiger partial charge in [-0.25, -0.2) is 4.79 Å². The van der Waals surface area contributed by atoms with Gasteiger partial charge in [-0.3, -0.25) is 18.8 Å². The predicted molar refractivity (Wildman–Crippen MR) is 156 cm³/mol. The molecule has 1 amide bonds. The lowest BCUT2D eigenvalue weighted by molar-refractivity contribution is -0.140. The van der Waals surface area contributed by atoms with Crippen LogP contribution in [0.5, 0.6) is 0 Å². The molecule has 208 valence electrons. The molecule has 3 N–H and O–H groups in total. The number of aromatic amines is 1. The number of hydrogen-bond acceptors (Lipinski definition) is 6. The summed E-state index contributed by atoms with van der Waals surface area (Å²) in [4.78, 5) is 34.5. The number of carbonyl (C=O) groups excluding carboxylic acids is 2. The molecule has 39 heavy (non-hydrogen) atoms. The highest BCUT2D eigenvalue weighted by molar-refractivity contribution is 8.24. The number of hydrogen-bond donors (Lipinski definition) is 3. The molecule has 1 aromatic heterocycles. The fraction of sp³-hybridized carbons (Fsp3) is 0.400. The van der Waals surface area contributed by atoms with Crippen LogP contribution in [-0.2, 0) is 21.5 Å². The average Bonchev–Trinajstić information content (AvgIpc) is 3.22. The van der Waals surface area contributed by atoms with E-state index in [1.54, 1.807) is 17.2 Å². The maximum atomic E-state index is 13.9. The van der Waals surface area contributed by atoms with Crippen molar-refractivity contribution in [2.24, 2.45) is 0 Å². The molecule has 1 fully saturated rings. The van der Waals surface area contributed by atoms with Crippen molar-refractivity contribution in [3.05, 3.63) is 77.1 Å². The normalized spacial score (nSPS) is 19.8. The zero-order valence-electron chi connectivity index (χ0n) is 22.9. The summed E-state index contributed by atoms with van der Waals surface area (Å²) in [7, 11) is -2.46. The van der Waals surface area contributed by atoms with E-state index in [0.29, 0.717) is 54.5 Å². The third-order valence-electron chi connectivity index (χ3n) is 7.38. The quantitative estimate of drug-likeness (QED) is 0.364. The Hall–Kier alpha value is -3.11. The van der Waals surface area contributed by atoms with Crippen LogP contribution in [0.3, 0.4) is 0 Å². The van der Waals surface area contributed by atoms with Crippen LogP contribution in [0.2, 0.25) is 0 Å². The van der Waals surface area contributed by atoms with E-state index in [9.17, 15) is 18.7 Å². The van der Waals surface area contributed by atoms with Gasteiger partial charge in [0.25, 0.3) is 5.91 Å². The Labute approximate surface area is 231 Å². The van der Waals surface area contributed by atoms with E-state index in [1.807, 2.05) is 56.3 Å². The first-order valence-electron chi connectivity index (χ1n) is 13.3. The molecule has 3 heterocycles. The van der Waals surface area contributed by atoms with Gasteiger partial charge in [-0.1, -0.05) is 44.2 Å². The van der Waals surface area contributed by atoms with Gasteiger partial charge in [-0.2, -0.15) is 10.6 Å². The van der Waals surface area contributed by atoms with Crippen LogP contribution in [0, 0.1) is 0 Å². The summed E-state index contributed by atoms with van der Waals surface area (Å²) < 4.78 is 25.5. The lowest BCUT2D eigenvalue weighted by Crippen LogP contribution is -2.38. The molecule has 3 aromatic rings. The average molecular weight is 552 g/mol. The largest absolute Gasteiger partial charge is 0.459 e. The van der Waals surface area contributed by atoms with E-state index >= 15 is 0 Å². The topological polar surface area (TPSA) is 106 Å². The van der Waals surface area contributed by atoms with E-state index in [4.69, 9.17) is 4.74 Å². The minimum atomic E-state index is -2.46. The first-order valence-corrected chi connectivity index (χ1v) is 15.2. The molecule has 0 saturated carbocycles. The van der Waals surface area contributed by atoms with Crippen molar-refractivity contribution in [2.45, 2.75) is 45.8 Å². The molecular weight excluding hydrogens is 514 g/mol. The van der Waals surface area contributed by atoms with Gasteiger partial charge in [0, 0.05) is 54.3 Å². The number of para-hydroxylation sites is 1. The van der Waals surface area contributed by atoms with Gasteiger partial charge < -0.3 is 14.6 Å². The Morgan fingerprint density at radius 2 is 1.79 bits per heavy atom. The second-order valence-electron chi connectivity index (χ2n) is 11.4. The molecule has 8 nitrogen and oxygen atoms in total. The smallest absolute Gasteiger partial charge is 0.342 e. The van der Waals surface area contributed by atoms with E-state index in [-0.39, 0.29) is 12.0 Å².